The van der Waals surface area contributed by atoms with Crippen molar-refractivity contribution in [2.75, 3.05) is 24.4 Å². The van der Waals surface area contributed by atoms with E-state index in [2.05, 4.69) is 5.32 Å². The molecule has 0 aliphatic carbocycles. The van der Waals surface area contributed by atoms with Gasteiger partial charge in [0.25, 0.3) is 0 Å². The first kappa shape index (κ1) is 34.2. The van der Waals surface area contributed by atoms with Gasteiger partial charge in [0.2, 0.25) is 27.7 Å². The number of nitrogens with zero attached hydrogens (tertiary/aromatic N) is 2. The molecular formula is C31H25F3N4O8S3. The number of sulfonamides is 1. The Kier molecular flexibility index (Phi) is 8.85. The summed E-state index contributed by atoms with van der Waals surface area (Å²) < 4.78 is 77.2. The van der Waals surface area contributed by atoms with Crippen molar-refractivity contribution in [2.45, 2.75) is 33.8 Å². The van der Waals surface area contributed by atoms with E-state index in [-0.39, 0.29) is 21.4 Å². The van der Waals surface area contributed by atoms with Crippen molar-refractivity contribution < 1.29 is 45.4 Å². The number of benzene rings is 3. The molecule has 256 valence electrons. The number of thiazole rings is 1. The number of hydrogen-bond acceptors (Lipinski definition) is 10. The van der Waals surface area contributed by atoms with Gasteiger partial charge in [-0.05, 0) is 54.1 Å². The third-order valence-electron chi connectivity index (χ3n) is 8.03. The van der Waals surface area contributed by atoms with Gasteiger partial charge in [0.1, 0.15) is 11.8 Å². The van der Waals surface area contributed by atoms with Crippen LogP contribution in [0, 0.1) is 5.92 Å². The van der Waals surface area contributed by atoms with Gasteiger partial charge in [-0.15, -0.1) is 0 Å². The van der Waals surface area contributed by atoms with Crippen LogP contribution in [0.1, 0.15) is 21.9 Å². The van der Waals surface area contributed by atoms with E-state index >= 15 is 0 Å². The largest absolute Gasteiger partial charge is 0.493 e. The number of nitrogens with two attached hydrogens (primary N) is 1. The van der Waals surface area contributed by atoms with E-state index in [1.54, 1.807) is 18.2 Å². The molecule has 3 atom stereocenters. The summed E-state index contributed by atoms with van der Waals surface area (Å²) in [5.41, 5.74) is -1.14. The van der Waals surface area contributed by atoms with Crippen LogP contribution in [0.5, 0.6) is 11.5 Å². The van der Waals surface area contributed by atoms with Crippen LogP contribution in [0.25, 0.3) is 0 Å². The van der Waals surface area contributed by atoms with Gasteiger partial charge < -0.3 is 14.8 Å². The van der Waals surface area contributed by atoms with E-state index in [1.165, 1.54) is 44.6 Å². The molecule has 2 unspecified atom stereocenters. The second kappa shape index (κ2) is 12.7. The van der Waals surface area contributed by atoms with Gasteiger partial charge in [0.15, 0.2) is 11.5 Å². The molecule has 3 amide bonds. The van der Waals surface area contributed by atoms with E-state index in [0.29, 0.717) is 21.1 Å². The van der Waals surface area contributed by atoms with Gasteiger partial charge in [-0.25, -0.2) is 18.5 Å². The number of carbonyl (C=O) groups excluding carboxylic acids is 3. The highest BCUT2D eigenvalue weighted by Crippen LogP contribution is 2.55. The van der Waals surface area contributed by atoms with Crippen LogP contribution in [0.3, 0.4) is 0 Å². The Morgan fingerprint density at radius 2 is 1.63 bits per heavy atom. The van der Waals surface area contributed by atoms with Crippen molar-refractivity contribution in [2.24, 2.45) is 11.1 Å². The number of thioether (sulfide) groups is 1. The number of rotatable bonds is 8. The average Bonchev–Trinajstić information content (AvgIpc) is 3.49. The van der Waals surface area contributed by atoms with Gasteiger partial charge in [-0.1, -0.05) is 41.3 Å². The highest BCUT2D eigenvalue weighted by molar-refractivity contribution is 8.00. The smallest absolute Gasteiger partial charge is 0.418 e. The molecule has 0 radical (unpaired) electrons. The normalized spacial score (nSPS) is 19.0. The molecule has 1 fully saturated rings. The highest BCUT2D eigenvalue weighted by Gasteiger charge is 2.58. The Bertz CT molecular complexity index is 2170. The van der Waals surface area contributed by atoms with E-state index in [1.807, 2.05) is 0 Å². The standard InChI is InChI=1S/C31H25F3N4O8S3/c1-45-20-12-7-15(13-21(20)46-2)23-24-25(28(41)38(27(24)40)19-6-4-3-5-18(19)31(32,33)34)47-29-26(23)48-30(42)37(29)14-22(39)36-16-8-10-17(11-9-16)49(35,43)44/h3-13,23-25H,14H2,1-2H3,(H,36,39)(H2,35,43,44)/t23-,24?,25?/m1/s1. The number of halogens is 3. The second-order valence-electron chi connectivity index (χ2n) is 10.9. The molecule has 3 aromatic carbocycles. The van der Waals surface area contributed by atoms with E-state index in [0.717, 1.165) is 45.9 Å². The van der Waals surface area contributed by atoms with E-state index < -0.39 is 73.7 Å². The fraction of sp³-hybridized carbons (Fsp3) is 0.226. The first-order chi connectivity index (χ1) is 23.1. The minimum absolute atomic E-state index is 0.177. The number of methoxy groups -OCH3 is 2. The third-order valence-corrected chi connectivity index (χ3v) is 11.6. The Morgan fingerprint density at radius 1 is 0.959 bits per heavy atom. The molecule has 6 rings (SSSR count). The fourth-order valence-electron chi connectivity index (χ4n) is 5.88. The van der Waals surface area contributed by atoms with E-state index in [4.69, 9.17) is 14.6 Å². The monoisotopic (exact) mass is 734 g/mol. The summed E-state index contributed by atoms with van der Waals surface area (Å²) in [5, 5.41) is 6.63. The number of imide groups is 1. The van der Waals surface area contributed by atoms with Crippen molar-refractivity contribution in [1.82, 2.24) is 4.57 Å². The molecule has 0 spiro atoms. The summed E-state index contributed by atoms with van der Waals surface area (Å²) in [6.45, 7) is -0.534. The lowest BCUT2D eigenvalue weighted by Crippen LogP contribution is -2.33. The van der Waals surface area contributed by atoms with Gasteiger partial charge in [0.05, 0.1) is 41.3 Å². The summed E-state index contributed by atoms with van der Waals surface area (Å²) in [6, 6.07) is 14.0. The first-order valence-electron chi connectivity index (χ1n) is 14.2. The van der Waals surface area contributed by atoms with Crippen molar-refractivity contribution in [3.63, 3.8) is 0 Å². The van der Waals surface area contributed by atoms with Crippen molar-refractivity contribution in [3.8, 4) is 11.5 Å². The molecule has 49 heavy (non-hydrogen) atoms. The summed E-state index contributed by atoms with van der Waals surface area (Å²) >= 11 is 1.58. The lowest BCUT2D eigenvalue weighted by atomic mass is 9.83. The zero-order chi connectivity index (χ0) is 35.4. The molecule has 1 aromatic heterocycles. The number of fused-ring (bicyclic) bond motifs is 2. The van der Waals surface area contributed by atoms with Gasteiger partial charge in [-0.3, -0.25) is 23.7 Å². The zero-order valence-corrected chi connectivity index (χ0v) is 27.8. The Balaban J connectivity index is 1.43. The molecule has 0 bridgehead atoms. The van der Waals surface area contributed by atoms with Crippen LogP contribution in [0.2, 0.25) is 0 Å². The summed E-state index contributed by atoms with van der Waals surface area (Å²) in [7, 11) is -1.16. The maximum absolute atomic E-state index is 14.1. The molecule has 0 saturated carbocycles. The Morgan fingerprint density at radius 3 is 2.27 bits per heavy atom. The topological polar surface area (TPSA) is 167 Å². The maximum atomic E-state index is 14.1. The predicted molar refractivity (Wildman–Crippen MR) is 173 cm³/mol. The SMILES string of the molecule is COc1ccc([C@H]2c3sc(=O)n(CC(=O)Nc4ccc(S(N)(=O)=O)cc4)c3SC3C(=O)N(c4ccccc4C(F)(F)F)C(=O)C32)cc1OC. The Labute approximate surface area is 284 Å². The molecule has 12 nitrogen and oxygen atoms in total. The minimum atomic E-state index is -4.87. The van der Waals surface area contributed by atoms with Crippen LogP contribution in [-0.4, -0.2) is 50.2 Å². The number of hydrogen-bond donors (Lipinski definition) is 2. The van der Waals surface area contributed by atoms with Crippen molar-refractivity contribution in [1.29, 1.82) is 0 Å². The Hall–Kier alpha value is -4.65. The number of amides is 3. The number of primary sulfonamides is 1. The predicted octanol–water partition coefficient (Wildman–Crippen LogP) is 4.03. The maximum Gasteiger partial charge on any atom is 0.418 e. The van der Waals surface area contributed by atoms with Crippen LogP contribution >= 0.6 is 23.1 Å². The molecule has 2 aliphatic rings. The number of aromatic nitrogens is 1. The fourth-order valence-corrected chi connectivity index (χ4v) is 9.17. The van der Waals surface area contributed by atoms with Crippen LogP contribution < -0.4 is 29.7 Å². The molecule has 2 aliphatic heterocycles. The highest BCUT2D eigenvalue weighted by atomic mass is 32.2. The molecule has 4 aromatic rings. The number of alkyl halides is 3. The molecule has 3 N–H and O–H groups in total. The second-order valence-corrected chi connectivity index (χ2v) is 14.6. The molecule has 1 saturated heterocycles. The van der Waals surface area contributed by atoms with Crippen LogP contribution in [-0.2, 0) is 37.1 Å². The van der Waals surface area contributed by atoms with Crippen LogP contribution in [0.15, 0.2) is 81.4 Å². The van der Waals surface area contributed by atoms with Crippen molar-refractivity contribution in [3.05, 3.63) is 92.4 Å². The van der Waals surface area contributed by atoms with Crippen molar-refractivity contribution >= 4 is 62.2 Å². The average molecular weight is 735 g/mol. The molecule has 3 heterocycles. The zero-order valence-electron chi connectivity index (χ0n) is 25.4. The lowest BCUT2D eigenvalue weighted by Gasteiger charge is -2.31. The van der Waals surface area contributed by atoms with Crippen LogP contribution in [0.4, 0.5) is 24.5 Å². The third kappa shape index (κ3) is 6.20. The minimum Gasteiger partial charge on any atom is -0.493 e. The van der Waals surface area contributed by atoms with Gasteiger partial charge in [0, 0.05) is 16.5 Å². The number of carbonyl (C=O) groups is 3. The summed E-state index contributed by atoms with van der Waals surface area (Å²) in [6.07, 6.45) is -4.87. The number of nitrogens with one attached hydrogen (secondary N) is 1. The first-order valence-corrected chi connectivity index (χ1v) is 17.5. The molecular weight excluding hydrogens is 710 g/mol. The number of para-hydroxylation sites is 1. The molecule has 18 heteroatoms. The quantitative estimate of drug-likeness (QED) is 0.254. The van der Waals surface area contributed by atoms with Gasteiger partial charge >= 0.3 is 11.0 Å². The number of anilines is 2. The summed E-state index contributed by atoms with van der Waals surface area (Å²) in [4.78, 5) is 54.8. The summed E-state index contributed by atoms with van der Waals surface area (Å²) in [5.74, 6) is -4.05. The lowest BCUT2D eigenvalue weighted by molar-refractivity contribution is -0.137. The van der Waals surface area contributed by atoms with E-state index in [9.17, 15) is 40.8 Å². The van der Waals surface area contributed by atoms with Gasteiger partial charge in [-0.2, -0.15) is 13.2 Å². The number of ether oxygens (including phenoxy) is 2.